The van der Waals surface area contributed by atoms with E-state index in [-0.39, 0.29) is 0 Å². The maximum Gasteiger partial charge on any atom is 0.0482 e. The monoisotopic (exact) mass is 273 g/mol. The summed E-state index contributed by atoms with van der Waals surface area (Å²) in [4.78, 5) is 4.64. The highest BCUT2D eigenvalue weighted by Crippen LogP contribution is 2.41. The van der Waals surface area contributed by atoms with E-state index in [1.807, 2.05) is 6.20 Å². The molecule has 1 aromatic heterocycles. The first-order valence-electron chi connectivity index (χ1n) is 8.23. The van der Waals surface area contributed by atoms with Crippen LogP contribution in [0.3, 0.4) is 0 Å². The van der Waals surface area contributed by atoms with Gasteiger partial charge in [0, 0.05) is 23.9 Å². The molecule has 2 unspecified atom stereocenters. The average Bonchev–Trinajstić information content (AvgIpc) is 2.93. The van der Waals surface area contributed by atoms with E-state index < -0.39 is 0 Å². The molecular weight excluding hydrogens is 246 g/mol. The van der Waals surface area contributed by atoms with E-state index in [0.29, 0.717) is 12.0 Å². The Labute approximate surface area is 122 Å². The van der Waals surface area contributed by atoms with Crippen molar-refractivity contribution in [1.82, 2.24) is 10.4 Å². The van der Waals surface area contributed by atoms with Gasteiger partial charge in [0.1, 0.15) is 0 Å². The molecule has 20 heavy (non-hydrogen) atoms. The second-order valence-electron chi connectivity index (χ2n) is 6.57. The van der Waals surface area contributed by atoms with Crippen LogP contribution < -0.4 is 11.3 Å². The summed E-state index contributed by atoms with van der Waals surface area (Å²) in [5.41, 5.74) is 5.88. The first-order valence-corrected chi connectivity index (χ1v) is 8.23. The van der Waals surface area contributed by atoms with Gasteiger partial charge in [-0.25, -0.2) is 0 Å². The molecule has 3 rings (SSSR count). The number of hydrogen-bond donors (Lipinski definition) is 2. The summed E-state index contributed by atoms with van der Waals surface area (Å²) < 4.78 is 0. The third kappa shape index (κ3) is 2.61. The van der Waals surface area contributed by atoms with Crippen LogP contribution >= 0.6 is 0 Å². The molecule has 1 heterocycles. The molecule has 3 N–H and O–H groups in total. The third-order valence-corrected chi connectivity index (χ3v) is 5.60. The van der Waals surface area contributed by atoms with E-state index in [9.17, 15) is 0 Å². The molecule has 3 heteroatoms. The molecule has 110 valence electrons. The van der Waals surface area contributed by atoms with Crippen LogP contribution in [-0.2, 0) is 6.42 Å². The molecule has 2 aliphatic carbocycles. The number of hydrazine groups is 1. The van der Waals surface area contributed by atoms with Gasteiger partial charge in [-0.15, -0.1) is 0 Å². The van der Waals surface area contributed by atoms with Crippen LogP contribution in [0.15, 0.2) is 18.3 Å². The fourth-order valence-corrected chi connectivity index (χ4v) is 4.33. The highest BCUT2D eigenvalue weighted by Gasteiger charge is 2.36. The van der Waals surface area contributed by atoms with Gasteiger partial charge in [0.2, 0.25) is 0 Å². The normalized spacial score (nSPS) is 31.0. The second-order valence-corrected chi connectivity index (χ2v) is 6.57. The maximum atomic E-state index is 5.93. The van der Waals surface area contributed by atoms with Gasteiger partial charge in [-0.1, -0.05) is 32.3 Å². The topological polar surface area (TPSA) is 50.9 Å². The van der Waals surface area contributed by atoms with E-state index in [4.69, 9.17) is 5.84 Å². The van der Waals surface area contributed by atoms with Gasteiger partial charge in [0.05, 0.1) is 0 Å². The minimum atomic E-state index is 0.406. The summed E-state index contributed by atoms with van der Waals surface area (Å²) in [5.74, 6) is 8.11. The number of aryl methyl sites for hydroxylation is 1. The fourth-order valence-electron chi connectivity index (χ4n) is 4.33. The van der Waals surface area contributed by atoms with Crippen LogP contribution in [0, 0.1) is 11.8 Å². The molecule has 0 bridgehead atoms. The number of hydrogen-bond acceptors (Lipinski definition) is 3. The molecule has 0 aromatic carbocycles. The number of nitrogens with two attached hydrogens (primary N) is 1. The smallest absolute Gasteiger partial charge is 0.0482 e. The molecule has 0 radical (unpaired) electrons. The zero-order chi connectivity index (χ0) is 13.9. The quantitative estimate of drug-likeness (QED) is 0.654. The fraction of sp³-hybridized carbons (Fsp3) is 0.706. The highest BCUT2D eigenvalue weighted by atomic mass is 15.2. The number of rotatable bonds is 4. The molecule has 2 aliphatic rings. The van der Waals surface area contributed by atoms with Crippen LogP contribution in [0.2, 0.25) is 0 Å². The Morgan fingerprint density at radius 1 is 1.30 bits per heavy atom. The van der Waals surface area contributed by atoms with E-state index in [1.165, 1.54) is 49.8 Å². The standard InChI is InChI=1S/C17H27N3/c1-2-12-5-7-14(8-6-12)17(20-18)15-10-9-13-4-3-11-19-16(13)15/h3-4,11-12,14-15,17,20H,2,5-10,18H2,1H3. The summed E-state index contributed by atoms with van der Waals surface area (Å²) in [6, 6.07) is 4.69. The lowest BCUT2D eigenvalue weighted by atomic mass is 9.74. The average molecular weight is 273 g/mol. The van der Waals surface area contributed by atoms with Crippen LogP contribution in [0.25, 0.3) is 0 Å². The Hall–Kier alpha value is -0.930. The Balaban J connectivity index is 1.72. The number of aromatic nitrogens is 1. The van der Waals surface area contributed by atoms with Crippen LogP contribution in [0.1, 0.15) is 62.6 Å². The predicted molar refractivity (Wildman–Crippen MR) is 82.1 cm³/mol. The second kappa shape index (κ2) is 6.23. The van der Waals surface area contributed by atoms with Crippen molar-refractivity contribution in [2.75, 3.05) is 0 Å². The van der Waals surface area contributed by atoms with Gasteiger partial charge in [-0.2, -0.15) is 0 Å². The zero-order valence-electron chi connectivity index (χ0n) is 12.5. The van der Waals surface area contributed by atoms with Crippen LogP contribution in [0.5, 0.6) is 0 Å². The summed E-state index contributed by atoms with van der Waals surface area (Å²) >= 11 is 0. The zero-order valence-corrected chi connectivity index (χ0v) is 12.5. The summed E-state index contributed by atoms with van der Waals surface area (Å²) in [6.45, 7) is 2.32. The first kappa shape index (κ1) is 14.0. The number of fused-ring (bicyclic) bond motifs is 1. The molecule has 0 amide bonds. The molecule has 1 fully saturated rings. The van der Waals surface area contributed by atoms with E-state index in [2.05, 4.69) is 29.5 Å². The van der Waals surface area contributed by atoms with Crippen molar-refractivity contribution in [2.45, 2.75) is 63.8 Å². The van der Waals surface area contributed by atoms with Crippen molar-refractivity contribution < 1.29 is 0 Å². The van der Waals surface area contributed by atoms with Crippen molar-refractivity contribution in [1.29, 1.82) is 0 Å². The van der Waals surface area contributed by atoms with Gasteiger partial charge in [-0.05, 0) is 49.1 Å². The van der Waals surface area contributed by atoms with E-state index in [0.717, 1.165) is 18.3 Å². The Kier molecular flexibility index (Phi) is 4.37. The summed E-state index contributed by atoms with van der Waals surface area (Å²) in [7, 11) is 0. The first-order chi connectivity index (χ1) is 9.83. The van der Waals surface area contributed by atoms with Crippen molar-refractivity contribution in [2.24, 2.45) is 17.7 Å². The molecule has 1 aromatic rings. The van der Waals surface area contributed by atoms with Crippen molar-refractivity contribution in [3.05, 3.63) is 29.6 Å². The van der Waals surface area contributed by atoms with Gasteiger partial charge in [-0.3, -0.25) is 16.3 Å². The van der Waals surface area contributed by atoms with Crippen molar-refractivity contribution in [3.63, 3.8) is 0 Å². The van der Waals surface area contributed by atoms with Crippen LogP contribution in [-0.4, -0.2) is 11.0 Å². The summed E-state index contributed by atoms with van der Waals surface area (Å²) in [5, 5.41) is 0. The number of nitrogens with zero attached hydrogens (tertiary/aromatic N) is 1. The lowest BCUT2D eigenvalue weighted by Crippen LogP contribution is -2.46. The van der Waals surface area contributed by atoms with Gasteiger partial charge >= 0.3 is 0 Å². The Bertz CT molecular complexity index is 438. The minimum absolute atomic E-state index is 0.406. The lowest BCUT2D eigenvalue weighted by Gasteiger charge is -2.36. The number of nitrogens with one attached hydrogen (secondary N) is 1. The summed E-state index contributed by atoms with van der Waals surface area (Å²) in [6.07, 6.45) is 11.0. The van der Waals surface area contributed by atoms with Gasteiger partial charge in [0.15, 0.2) is 0 Å². The highest BCUT2D eigenvalue weighted by molar-refractivity contribution is 5.30. The molecular formula is C17H27N3. The lowest BCUT2D eigenvalue weighted by molar-refractivity contribution is 0.198. The largest absolute Gasteiger partial charge is 0.271 e. The Morgan fingerprint density at radius 2 is 2.10 bits per heavy atom. The van der Waals surface area contributed by atoms with Crippen molar-refractivity contribution >= 4 is 0 Å². The SMILES string of the molecule is CCC1CCC(C(NN)C2CCc3cccnc32)CC1. The minimum Gasteiger partial charge on any atom is -0.271 e. The molecule has 3 nitrogen and oxygen atoms in total. The Morgan fingerprint density at radius 3 is 2.80 bits per heavy atom. The molecule has 1 saturated carbocycles. The molecule has 2 atom stereocenters. The number of pyridine rings is 1. The van der Waals surface area contributed by atoms with Gasteiger partial charge < -0.3 is 0 Å². The molecule has 0 spiro atoms. The molecule has 0 aliphatic heterocycles. The van der Waals surface area contributed by atoms with E-state index >= 15 is 0 Å². The van der Waals surface area contributed by atoms with E-state index in [1.54, 1.807) is 0 Å². The predicted octanol–water partition coefficient (Wildman–Crippen LogP) is 3.16. The van der Waals surface area contributed by atoms with Gasteiger partial charge in [0.25, 0.3) is 0 Å². The third-order valence-electron chi connectivity index (χ3n) is 5.60. The maximum absolute atomic E-state index is 5.93. The van der Waals surface area contributed by atoms with Crippen molar-refractivity contribution in [3.8, 4) is 0 Å². The van der Waals surface area contributed by atoms with Crippen LogP contribution in [0.4, 0.5) is 0 Å². The molecule has 0 saturated heterocycles.